The van der Waals surface area contributed by atoms with Gasteiger partial charge in [0.25, 0.3) is 11.1 Å². The average molecular weight is 429 g/mol. The number of methoxy groups -OCH3 is 1. The molecule has 150 valence electrons. The zero-order valence-corrected chi connectivity index (χ0v) is 17.6. The number of ether oxygens (including phenoxy) is 1. The number of carbonyl (C=O) groups excluding carboxylic acids is 2. The standard InChI is InChI=1S/C22H21ClN2O3S/c1-28-19-14-17(24-10-3-2-4-11-24)9-8-15(19)12-20-21(26)25(22(27)29-20)18-7-5-6-16(23)13-18/h5-9,12-14H,2-4,10-11H2,1H3/b20-12+. The van der Waals surface area contributed by atoms with Crippen LogP contribution in [0.15, 0.2) is 47.4 Å². The molecule has 2 aliphatic rings. The Bertz CT molecular complexity index is 986. The first kappa shape index (κ1) is 19.9. The van der Waals surface area contributed by atoms with Crippen molar-refractivity contribution in [2.45, 2.75) is 19.3 Å². The largest absolute Gasteiger partial charge is 0.496 e. The number of hydrogen-bond acceptors (Lipinski definition) is 5. The fourth-order valence-corrected chi connectivity index (χ4v) is 4.63. The van der Waals surface area contributed by atoms with Crippen molar-refractivity contribution in [3.05, 3.63) is 58.0 Å². The van der Waals surface area contributed by atoms with E-state index in [2.05, 4.69) is 4.90 Å². The van der Waals surface area contributed by atoms with Crippen molar-refractivity contribution >= 4 is 52.0 Å². The highest BCUT2D eigenvalue weighted by molar-refractivity contribution is 8.19. The first-order valence-electron chi connectivity index (χ1n) is 9.53. The molecule has 29 heavy (non-hydrogen) atoms. The molecule has 2 aliphatic heterocycles. The lowest BCUT2D eigenvalue weighted by atomic mass is 10.1. The molecule has 0 bridgehead atoms. The van der Waals surface area contributed by atoms with Crippen molar-refractivity contribution in [2.24, 2.45) is 0 Å². The number of rotatable bonds is 4. The summed E-state index contributed by atoms with van der Waals surface area (Å²) in [6.07, 6.45) is 5.38. The van der Waals surface area contributed by atoms with Crippen LogP contribution in [0.5, 0.6) is 5.75 Å². The van der Waals surface area contributed by atoms with Gasteiger partial charge in [0.05, 0.1) is 17.7 Å². The summed E-state index contributed by atoms with van der Waals surface area (Å²) in [6, 6.07) is 12.7. The van der Waals surface area contributed by atoms with E-state index in [0.29, 0.717) is 21.4 Å². The Balaban J connectivity index is 1.62. The van der Waals surface area contributed by atoms with E-state index >= 15 is 0 Å². The summed E-state index contributed by atoms with van der Waals surface area (Å²) < 4.78 is 5.57. The number of hydrogen-bond donors (Lipinski definition) is 0. The number of amides is 2. The number of imide groups is 1. The minimum Gasteiger partial charge on any atom is -0.496 e. The summed E-state index contributed by atoms with van der Waals surface area (Å²) in [4.78, 5) is 29.2. The van der Waals surface area contributed by atoms with Gasteiger partial charge >= 0.3 is 0 Å². The molecule has 2 aromatic rings. The highest BCUT2D eigenvalue weighted by Gasteiger charge is 2.36. The lowest BCUT2D eigenvalue weighted by molar-refractivity contribution is -0.113. The van der Waals surface area contributed by atoms with Crippen LogP contribution < -0.4 is 14.5 Å². The maximum Gasteiger partial charge on any atom is 0.298 e. The van der Waals surface area contributed by atoms with Gasteiger partial charge < -0.3 is 9.64 Å². The number of anilines is 2. The minimum atomic E-state index is -0.357. The summed E-state index contributed by atoms with van der Waals surface area (Å²) in [5.41, 5.74) is 2.35. The second-order valence-electron chi connectivity index (χ2n) is 6.97. The smallest absolute Gasteiger partial charge is 0.298 e. The van der Waals surface area contributed by atoms with E-state index in [0.717, 1.165) is 41.0 Å². The van der Waals surface area contributed by atoms with Crippen molar-refractivity contribution in [1.29, 1.82) is 0 Å². The molecule has 0 aromatic heterocycles. The number of piperidine rings is 1. The number of halogens is 1. The lowest BCUT2D eigenvalue weighted by Crippen LogP contribution is -2.29. The van der Waals surface area contributed by atoms with E-state index < -0.39 is 0 Å². The molecular weight excluding hydrogens is 408 g/mol. The molecule has 0 spiro atoms. The van der Waals surface area contributed by atoms with Gasteiger partial charge in [-0.15, -0.1) is 0 Å². The van der Waals surface area contributed by atoms with Crippen molar-refractivity contribution in [3.63, 3.8) is 0 Å². The van der Waals surface area contributed by atoms with Gasteiger partial charge in [0.15, 0.2) is 0 Å². The third kappa shape index (κ3) is 4.14. The highest BCUT2D eigenvalue weighted by Crippen LogP contribution is 2.38. The van der Waals surface area contributed by atoms with Gasteiger partial charge in [0.2, 0.25) is 0 Å². The summed E-state index contributed by atoms with van der Waals surface area (Å²) >= 11 is 6.93. The topological polar surface area (TPSA) is 49.9 Å². The molecule has 2 aromatic carbocycles. The Hall–Kier alpha value is -2.44. The van der Waals surface area contributed by atoms with Crippen LogP contribution in [0.2, 0.25) is 5.02 Å². The SMILES string of the molecule is COc1cc(N2CCCCC2)ccc1/C=C1/SC(=O)N(c2cccc(Cl)c2)C1=O. The monoisotopic (exact) mass is 428 g/mol. The Kier molecular flexibility index (Phi) is 5.83. The van der Waals surface area contributed by atoms with Crippen LogP contribution in [-0.2, 0) is 4.79 Å². The highest BCUT2D eigenvalue weighted by atomic mass is 35.5. The first-order chi connectivity index (χ1) is 14.1. The molecule has 2 heterocycles. The normalized spacial score (nSPS) is 18.6. The van der Waals surface area contributed by atoms with Crippen LogP contribution in [0.1, 0.15) is 24.8 Å². The van der Waals surface area contributed by atoms with E-state index in [1.165, 1.54) is 19.3 Å². The van der Waals surface area contributed by atoms with Crippen LogP contribution >= 0.6 is 23.4 Å². The molecule has 0 N–H and O–H groups in total. The summed E-state index contributed by atoms with van der Waals surface area (Å²) in [7, 11) is 1.62. The first-order valence-corrected chi connectivity index (χ1v) is 10.7. The maximum atomic E-state index is 12.9. The Morgan fingerprint density at radius 3 is 2.55 bits per heavy atom. The van der Waals surface area contributed by atoms with Gasteiger partial charge in [-0.3, -0.25) is 9.59 Å². The van der Waals surface area contributed by atoms with Gasteiger partial charge in [0.1, 0.15) is 5.75 Å². The van der Waals surface area contributed by atoms with E-state index in [1.807, 2.05) is 18.2 Å². The average Bonchev–Trinajstić information content (AvgIpc) is 3.02. The molecule has 0 atom stereocenters. The molecule has 5 nitrogen and oxygen atoms in total. The Morgan fingerprint density at radius 1 is 1.03 bits per heavy atom. The van der Waals surface area contributed by atoms with Crippen LogP contribution in [-0.4, -0.2) is 31.3 Å². The molecule has 2 fully saturated rings. The van der Waals surface area contributed by atoms with Crippen molar-refractivity contribution in [1.82, 2.24) is 0 Å². The van der Waals surface area contributed by atoms with E-state index in [-0.39, 0.29) is 11.1 Å². The van der Waals surface area contributed by atoms with Gasteiger partial charge in [-0.25, -0.2) is 4.90 Å². The summed E-state index contributed by atoms with van der Waals surface area (Å²) in [5.74, 6) is 0.326. The number of benzene rings is 2. The number of carbonyl (C=O) groups is 2. The predicted octanol–water partition coefficient (Wildman–Crippen LogP) is 5.58. The minimum absolute atomic E-state index is 0.340. The van der Waals surface area contributed by atoms with E-state index in [9.17, 15) is 9.59 Å². The molecule has 0 saturated carbocycles. The van der Waals surface area contributed by atoms with Crippen molar-refractivity contribution in [2.75, 3.05) is 30.0 Å². The third-order valence-electron chi connectivity index (χ3n) is 5.08. The van der Waals surface area contributed by atoms with Crippen molar-refractivity contribution < 1.29 is 14.3 Å². The molecule has 7 heteroatoms. The second kappa shape index (κ2) is 8.51. The lowest BCUT2D eigenvalue weighted by Gasteiger charge is -2.29. The summed E-state index contributed by atoms with van der Waals surface area (Å²) in [5, 5.41) is 0.132. The van der Waals surface area contributed by atoms with Gasteiger partial charge in [-0.2, -0.15) is 0 Å². The predicted molar refractivity (Wildman–Crippen MR) is 119 cm³/mol. The molecule has 4 rings (SSSR count). The Labute approximate surface area is 179 Å². The fraction of sp³-hybridized carbons (Fsp3) is 0.273. The van der Waals surface area contributed by atoms with E-state index in [1.54, 1.807) is 37.5 Å². The molecule has 0 unspecified atom stereocenters. The van der Waals surface area contributed by atoms with Gasteiger partial charge in [0, 0.05) is 35.4 Å². The van der Waals surface area contributed by atoms with E-state index in [4.69, 9.17) is 16.3 Å². The quantitative estimate of drug-likeness (QED) is 0.595. The zero-order chi connectivity index (χ0) is 20.4. The van der Waals surface area contributed by atoms with Crippen molar-refractivity contribution in [3.8, 4) is 5.75 Å². The Morgan fingerprint density at radius 2 is 1.83 bits per heavy atom. The molecule has 0 aliphatic carbocycles. The number of thioether (sulfide) groups is 1. The second-order valence-corrected chi connectivity index (χ2v) is 8.40. The van der Waals surface area contributed by atoms with Crippen LogP contribution in [0.3, 0.4) is 0 Å². The molecular formula is C22H21ClN2O3S. The van der Waals surface area contributed by atoms with Crippen LogP contribution in [0, 0.1) is 0 Å². The van der Waals surface area contributed by atoms with Gasteiger partial charge in [-0.05, 0) is 67.4 Å². The van der Waals surface area contributed by atoms with Gasteiger partial charge in [-0.1, -0.05) is 17.7 Å². The number of nitrogens with zero attached hydrogens (tertiary/aromatic N) is 2. The molecule has 2 amide bonds. The summed E-state index contributed by atoms with van der Waals surface area (Å²) in [6.45, 7) is 2.09. The van der Waals surface area contributed by atoms with Crippen LogP contribution in [0.25, 0.3) is 6.08 Å². The zero-order valence-electron chi connectivity index (χ0n) is 16.1. The molecule has 0 radical (unpaired) electrons. The third-order valence-corrected chi connectivity index (χ3v) is 6.19. The molecule has 2 saturated heterocycles. The maximum absolute atomic E-state index is 12.9. The fourth-order valence-electron chi connectivity index (χ4n) is 3.61. The van der Waals surface area contributed by atoms with Crippen LogP contribution in [0.4, 0.5) is 16.2 Å².